The van der Waals surface area contributed by atoms with Crippen molar-refractivity contribution in [3.05, 3.63) is 28.8 Å². The first kappa shape index (κ1) is 15.6. The van der Waals surface area contributed by atoms with E-state index in [1.54, 1.807) is 0 Å². The Bertz CT molecular complexity index is 540. The van der Waals surface area contributed by atoms with Gasteiger partial charge < -0.3 is 15.7 Å². The van der Waals surface area contributed by atoms with Gasteiger partial charge in [0.05, 0.1) is 10.6 Å². The summed E-state index contributed by atoms with van der Waals surface area (Å²) in [7, 11) is 0. The van der Waals surface area contributed by atoms with Crippen molar-refractivity contribution in [1.82, 2.24) is 5.32 Å². The summed E-state index contributed by atoms with van der Waals surface area (Å²) in [6, 6.07) is 4.26. The molecule has 0 bridgehead atoms. The fourth-order valence-electron chi connectivity index (χ4n) is 2.52. The molecule has 1 aliphatic carbocycles. The Kier molecular flexibility index (Phi) is 5.07. The average molecular weight is 311 g/mol. The minimum absolute atomic E-state index is 0.0175. The maximum atomic E-state index is 11.9. The van der Waals surface area contributed by atoms with Crippen molar-refractivity contribution in [2.45, 2.75) is 38.6 Å². The first-order valence-corrected chi connectivity index (χ1v) is 7.44. The van der Waals surface area contributed by atoms with Crippen LogP contribution < -0.4 is 10.6 Å². The van der Waals surface area contributed by atoms with Crippen LogP contribution in [0.3, 0.4) is 0 Å². The van der Waals surface area contributed by atoms with Gasteiger partial charge in [0.1, 0.15) is 0 Å². The summed E-state index contributed by atoms with van der Waals surface area (Å²) < 4.78 is 0. The van der Waals surface area contributed by atoms with Gasteiger partial charge in [-0.05, 0) is 49.8 Å². The number of hydrogen-bond donors (Lipinski definition) is 3. The van der Waals surface area contributed by atoms with Gasteiger partial charge in [-0.3, -0.25) is 0 Å². The van der Waals surface area contributed by atoms with Crippen molar-refractivity contribution in [3.63, 3.8) is 0 Å². The molecule has 1 saturated carbocycles. The molecule has 1 aliphatic rings. The summed E-state index contributed by atoms with van der Waals surface area (Å²) >= 11 is 5.86. The molecule has 0 unspecified atom stereocenters. The quantitative estimate of drug-likeness (QED) is 0.795. The van der Waals surface area contributed by atoms with Crippen LogP contribution in [0.5, 0.6) is 0 Å². The van der Waals surface area contributed by atoms with Crippen LogP contribution in [0.4, 0.5) is 10.5 Å². The lowest BCUT2D eigenvalue weighted by atomic mass is 9.87. The Morgan fingerprint density at radius 3 is 2.48 bits per heavy atom. The summed E-state index contributed by atoms with van der Waals surface area (Å²) in [5, 5.41) is 14.6. The normalized spacial score (nSPS) is 21.6. The SMILES string of the molecule is CC1CCC(NC(=O)Nc2ccc(C(=O)O)c(Cl)c2)CC1. The third kappa shape index (κ3) is 4.36. The van der Waals surface area contributed by atoms with Gasteiger partial charge in [-0.15, -0.1) is 0 Å². The van der Waals surface area contributed by atoms with Crippen LogP contribution in [-0.4, -0.2) is 23.1 Å². The molecule has 0 radical (unpaired) electrons. The second kappa shape index (κ2) is 6.80. The molecule has 21 heavy (non-hydrogen) atoms. The second-order valence-corrected chi connectivity index (χ2v) is 5.96. The van der Waals surface area contributed by atoms with Gasteiger partial charge >= 0.3 is 12.0 Å². The average Bonchev–Trinajstić information content (AvgIpc) is 2.41. The summed E-state index contributed by atoms with van der Waals surface area (Å²) in [5.41, 5.74) is 0.496. The monoisotopic (exact) mass is 310 g/mol. The van der Waals surface area contributed by atoms with Crippen LogP contribution in [0.1, 0.15) is 43.0 Å². The number of aromatic carboxylic acids is 1. The van der Waals surface area contributed by atoms with Crippen LogP contribution >= 0.6 is 11.6 Å². The molecular weight excluding hydrogens is 292 g/mol. The molecule has 5 nitrogen and oxygen atoms in total. The zero-order chi connectivity index (χ0) is 15.4. The lowest BCUT2D eigenvalue weighted by Gasteiger charge is -2.26. The van der Waals surface area contributed by atoms with E-state index in [4.69, 9.17) is 16.7 Å². The highest BCUT2D eigenvalue weighted by Gasteiger charge is 2.19. The molecule has 114 valence electrons. The predicted molar refractivity (Wildman–Crippen MR) is 82.0 cm³/mol. The van der Waals surface area contributed by atoms with E-state index in [1.807, 2.05) is 0 Å². The number of carboxylic acid groups (broad SMARTS) is 1. The summed E-state index contributed by atoms with van der Waals surface area (Å²) in [5.74, 6) is -0.360. The van der Waals surface area contributed by atoms with Gasteiger partial charge in [-0.25, -0.2) is 9.59 Å². The molecule has 0 spiro atoms. The number of carbonyl (C=O) groups excluding carboxylic acids is 1. The minimum atomic E-state index is -1.09. The van der Waals surface area contributed by atoms with Crippen LogP contribution in [0, 0.1) is 5.92 Å². The number of carboxylic acids is 1. The molecule has 6 heteroatoms. The number of amides is 2. The number of carbonyl (C=O) groups is 2. The van der Waals surface area contributed by atoms with Gasteiger partial charge in [0.2, 0.25) is 0 Å². The molecule has 0 atom stereocenters. The molecule has 1 aromatic carbocycles. The number of benzene rings is 1. The molecule has 1 aromatic rings. The second-order valence-electron chi connectivity index (χ2n) is 5.56. The Balaban J connectivity index is 1.91. The Labute approximate surface area is 128 Å². The Hall–Kier alpha value is -1.75. The third-order valence-corrected chi connectivity index (χ3v) is 4.12. The first-order valence-electron chi connectivity index (χ1n) is 7.06. The van der Waals surface area contributed by atoms with E-state index in [0.717, 1.165) is 31.6 Å². The maximum absolute atomic E-state index is 11.9. The highest BCUT2D eigenvalue weighted by Crippen LogP contribution is 2.24. The van der Waals surface area contributed by atoms with E-state index in [1.165, 1.54) is 18.2 Å². The molecule has 2 amide bonds. The lowest BCUT2D eigenvalue weighted by Crippen LogP contribution is -2.39. The van der Waals surface area contributed by atoms with E-state index < -0.39 is 5.97 Å². The molecular formula is C15H19ClN2O3. The van der Waals surface area contributed by atoms with E-state index >= 15 is 0 Å². The highest BCUT2D eigenvalue weighted by atomic mass is 35.5. The van der Waals surface area contributed by atoms with Crippen LogP contribution in [-0.2, 0) is 0 Å². The van der Waals surface area contributed by atoms with Crippen LogP contribution in [0.15, 0.2) is 18.2 Å². The summed E-state index contributed by atoms with van der Waals surface area (Å²) in [6.07, 6.45) is 4.24. The fourth-order valence-corrected chi connectivity index (χ4v) is 2.78. The van der Waals surface area contributed by atoms with Gasteiger partial charge in [0.25, 0.3) is 0 Å². The predicted octanol–water partition coefficient (Wildman–Crippen LogP) is 3.74. The lowest BCUT2D eigenvalue weighted by molar-refractivity contribution is 0.0697. The molecule has 0 aromatic heterocycles. The van der Waals surface area contributed by atoms with E-state index in [2.05, 4.69) is 17.6 Å². The molecule has 0 heterocycles. The van der Waals surface area contributed by atoms with Crippen LogP contribution in [0.25, 0.3) is 0 Å². The zero-order valence-corrected chi connectivity index (χ0v) is 12.6. The number of anilines is 1. The molecule has 2 rings (SSSR count). The smallest absolute Gasteiger partial charge is 0.337 e. The first-order chi connectivity index (χ1) is 9.95. The van der Waals surface area contributed by atoms with E-state index in [0.29, 0.717) is 5.69 Å². The number of urea groups is 1. The number of halogens is 1. The third-order valence-electron chi connectivity index (χ3n) is 3.81. The standard InChI is InChI=1S/C15H19ClN2O3/c1-9-2-4-10(5-3-9)17-15(21)18-11-6-7-12(14(19)20)13(16)8-11/h6-10H,2-5H2,1H3,(H,19,20)(H2,17,18,21). The van der Waals surface area contributed by atoms with Crippen molar-refractivity contribution in [2.24, 2.45) is 5.92 Å². The highest BCUT2D eigenvalue weighted by molar-refractivity contribution is 6.33. The van der Waals surface area contributed by atoms with E-state index in [-0.39, 0.29) is 22.7 Å². The number of rotatable bonds is 3. The van der Waals surface area contributed by atoms with Crippen molar-refractivity contribution in [3.8, 4) is 0 Å². The fraction of sp³-hybridized carbons (Fsp3) is 0.467. The van der Waals surface area contributed by atoms with Crippen LogP contribution in [0.2, 0.25) is 5.02 Å². The van der Waals surface area contributed by atoms with Gasteiger partial charge in [0.15, 0.2) is 0 Å². The molecule has 0 aliphatic heterocycles. The molecule has 3 N–H and O–H groups in total. The Morgan fingerprint density at radius 1 is 1.24 bits per heavy atom. The summed E-state index contributed by atoms with van der Waals surface area (Å²) in [6.45, 7) is 2.22. The van der Waals surface area contributed by atoms with Gasteiger partial charge in [-0.1, -0.05) is 18.5 Å². The Morgan fingerprint density at radius 2 is 1.90 bits per heavy atom. The zero-order valence-electron chi connectivity index (χ0n) is 11.9. The van der Waals surface area contributed by atoms with Gasteiger partial charge in [0, 0.05) is 11.7 Å². The van der Waals surface area contributed by atoms with Gasteiger partial charge in [-0.2, -0.15) is 0 Å². The molecule has 0 saturated heterocycles. The topological polar surface area (TPSA) is 78.4 Å². The largest absolute Gasteiger partial charge is 0.478 e. The van der Waals surface area contributed by atoms with E-state index in [9.17, 15) is 9.59 Å². The van der Waals surface area contributed by atoms with Crippen molar-refractivity contribution >= 4 is 29.3 Å². The van der Waals surface area contributed by atoms with Crippen molar-refractivity contribution < 1.29 is 14.7 Å². The van der Waals surface area contributed by atoms with Crippen molar-refractivity contribution in [2.75, 3.05) is 5.32 Å². The summed E-state index contributed by atoms with van der Waals surface area (Å²) in [4.78, 5) is 22.8. The van der Waals surface area contributed by atoms with Crippen molar-refractivity contribution in [1.29, 1.82) is 0 Å². The minimum Gasteiger partial charge on any atom is -0.478 e. The number of nitrogens with one attached hydrogen (secondary N) is 2. The maximum Gasteiger partial charge on any atom is 0.337 e. The molecule has 1 fully saturated rings. The number of hydrogen-bond acceptors (Lipinski definition) is 2.